The first-order valence-electron chi connectivity index (χ1n) is 12.5. The van der Waals surface area contributed by atoms with Crippen LogP contribution < -0.4 is 20.7 Å². The highest BCUT2D eigenvalue weighted by Gasteiger charge is 2.53. The van der Waals surface area contributed by atoms with Crippen LogP contribution in [0.1, 0.15) is 0 Å². The van der Waals surface area contributed by atoms with Gasteiger partial charge < -0.3 is 0 Å². The fourth-order valence-electron chi connectivity index (χ4n) is 5.87. The average molecular weight is 495 g/mol. The first-order valence-corrected chi connectivity index (χ1v) is 21.3. The predicted octanol–water partition coefficient (Wildman–Crippen LogP) is 6.02. The van der Waals surface area contributed by atoms with Gasteiger partial charge in [0, 0.05) is 8.07 Å². The van der Waals surface area contributed by atoms with Crippen LogP contribution in [0.2, 0.25) is 43.9 Å². The Hall–Kier alpha value is -2.47. The van der Waals surface area contributed by atoms with Gasteiger partial charge in [-0.25, -0.2) is 0 Å². The molecule has 0 fully saturated rings. The lowest BCUT2D eigenvalue weighted by atomic mass is 10.4. The molecule has 0 N–H and O–H groups in total. The molecule has 0 aliphatic carbocycles. The normalized spacial score (nSPS) is 12.6. The third-order valence-electron chi connectivity index (χ3n) is 7.70. The summed E-state index contributed by atoms with van der Waals surface area (Å²) in [6.07, 6.45) is 0. The monoisotopic (exact) mass is 494 g/mol. The highest BCUT2D eigenvalue weighted by atomic mass is 28.4. The van der Waals surface area contributed by atoms with Crippen molar-refractivity contribution in [3.63, 3.8) is 0 Å². The summed E-state index contributed by atoms with van der Waals surface area (Å²) in [5, 5.41) is 6.90. The molecule has 4 aromatic rings. The van der Waals surface area contributed by atoms with E-state index in [1.54, 1.807) is 20.7 Å². The number of rotatable bonds is 8. The maximum absolute atomic E-state index is 2.67. The molecule has 4 aromatic carbocycles. The topological polar surface area (TPSA) is 0 Å². The molecule has 0 bridgehead atoms. The van der Waals surface area contributed by atoms with E-state index in [4.69, 9.17) is 0 Å². The van der Waals surface area contributed by atoms with E-state index in [9.17, 15) is 0 Å². The third kappa shape index (κ3) is 4.83. The second-order valence-corrected chi connectivity index (χ2v) is 25.8. The van der Waals surface area contributed by atoms with Crippen LogP contribution >= 0.6 is 0 Å². The minimum Gasteiger partial charge on any atom is -0.0696 e. The molecule has 0 saturated carbocycles. The van der Waals surface area contributed by atoms with Gasteiger partial charge in [0.15, 0.2) is 0 Å². The molecular formula is C31H38Si3. The summed E-state index contributed by atoms with van der Waals surface area (Å²) in [5.41, 5.74) is 0. The molecule has 0 amide bonds. The van der Waals surface area contributed by atoms with Crippen molar-refractivity contribution in [3.8, 4) is 0 Å². The molecule has 4 rings (SSSR count). The molecule has 0 aliphatic rings. The van der Waals surface area contributed by atoms with Crippen molar-refractivity contribution in [1.29, 1.82) is 0 Å². The van der Waals surface area contributed by atoms with Gasteiger partial charge in [-0.3, -0.25) is 0 Å². The smallest absolute Gasteiger partial charge is 0.0696 e. The molecule has 3 heteroatoms. The first kappa shape index (κ1) is 24.6. The number of benzene rings is 4. The van der Waals surface area contributed by atoms with E-state index in [0.29, 0.717) is 5.16 Å². The molecule has 0 aromatic heterocycles. The molecule has 0 heterocycles. The summed E-state index contributed by atoms with van der Waals surface area (Å²) < 4.78 is 0. The summed E-state index contributed by atoms with van der Waals surface area (Å²) in [4.78, 5) is 0. The summed E-state index contributed by atoms with van der Waals surface area (Å²) in [7, 11) is -5.69. The van der Waals surface area contributed by atoms with Gasteiger partial charge in [0.2, 0.25) is 0 Å². The lowest BCUT2D eigenvalue weighted by molar-refractivity contribution is 1.16. The van der Waals surface area contributed by atoms with E-state index in [0.717, 1.165) is 0 Å². The zero-order valence-electron chi connectivity index (χ0n) is 21.3. The van der Waals surface area contributed by atoms with Gasteiger partial charge in [-0.15, -0.1) is 0 Å². The molecule has 0 unspecified atom stereocenters. The zero-order valence-corrected chi connectivity index (χ0v) is 24.3. The molecule has 34 heavy (non-hydrogen) atoms. The fourth-order valence-corrected chi connectivity index (χ4v) is 26.5. The van der Waals surface area contributed by atoms with Gasteiger partial charge >= 0.3 is 0 Å². The molecule has 0 aliphatic heterocycles. The summed E-state index contributed by atoms with van der Waals surface area (Å²) in [6.45, 7) is 13.0. The summed E-state index contributed by atoms with van der Waals surface area (Å²) in [5.74, 6) is 0. The van der Waals surface area contributed by atoms with Crippen LogP contribution in [0.25, 0.3) is 0 Å². The van der Waals surface area contributed by atoms with Crippen LogP contribution in [0.15, 0.2) is 121 Å². The second kappa shape index (κ2) is 10.0. The molecule has 0 atom stereocenters. The molecule has 0 spiro atoms. The van der Waals surface area contributed by atoms with Crippen molar-refractivity contribution < 1.29 is 0 Å². The van der Waals surface area contributed by atoms with Gasteiger partial charge in [-0.05, 0) is 5.16 Å². The van der Waals surface area contributed by atoms with E-state index >= 15 is 0 Å². The second-order valence-electron chi connectivity index (χ2n) is 11.2. The van der Waals surface area contributed by atoms with E-state index < -0.39 is 24.2 Å². The Kier molecular flexibility index (Phi) is 7.27. The Bertz CT molecular complexity index is 999. The molecule has 0 nitrogen and oxygen atoms in total. The van der Waals surface area contributed by atoms with Crippen molar-refractivity contribution in [2.75, 3.05) is 0 Å². The van der Waals surface area contributed by atoms with E-state index in [-0.39, 0.29) is 0 Å². The van der Waals surface area contributed by atoms with Crippen LogP contribution in [0, 0.1) is 0 Å². The van der Waals surface area contributed by atoms with Gasteiger partial charge in [-0.1, -0.05) is 181 Å². The number of hydrogen-bond acceptors (Lipinski definition) is 0. The van der Waals surface area contributed by atoms with Crippen LogP contribution in [0.4, 0.5) is 0 Å². The van der Waals surface area contributed by atoms with Gasteiger partial charge in [-0.2, -0.15) is 0 Å². The SMILES string of the molecule is C[Si](C)(C)CC([Si](C)(c1ccccc1)c1ccccc1)[Si](C)(c1ccccc1)c1ccccc1. The van der Waals surface area contributed by atoms with Crippen molar-refractivity contribution in [2.24, 2.45) is 0 Å². The minimum atomic E-state index is -2.15. The first-order chi connectivity index (χ1) is 16.3. The Morgan fingerprint density at radius 2 is 0.647 bits per heavy atom. The lowest BCUT2D eigenvalue weighted by Crippen LogP contribution is -2.72. The van der Waals surface area contributed by atoms with Crippen molar-refractivity contribution >= 4 is 45.0 Å². The van der Waals surface area contributed by atoms with Gasteiger partial charge in [0.05, 0.1) is 0 Å². The minimum absolute atomic E-state index is 0.640. The quantitative estimate of drug-likeness (QED) is 0.263. The lowest BCUT2D eigenvalue weighted by Gasteiger charge is -2.49. The Balaban J connectivity index is 2.08. The van der Waals surface area contributed by atoms with Crippen LogP contribution in [-0.2, 0) is 0 Å². The highest BCUT2D eigenvalue weighted by molar-refractivity contribution is 7.19. The van der Waals surface area contributed by atoms with E-state index in [2.05, 4.69) is 154 Å². The third-order valence-corrected chi connectivity index (χ3v) is 22.9. The standard InChI is InChI=1S/C31H38Si3/c1-32(2,3)26-31(33(4,27-18-10-6-11-19-27)28-20-12-7-13-21-28)34(5,29-22-14-8-15-23-29)30-24-16-9-17-25-30/h6-25,31H,26H2,1-5H3. The Labute approximate surface area is 209 Å². The molecule has 174 valence electrons. The van der Waals surface area contributed by atoms with Crippen molar-refractivity contribution in [2.45, 2.75) is 43.9 Å². The van der Waals surface area contributed by atoms with Crippen molar-refractivity contribution in [1.82, 2.24) is 0 Å². The maximum atomic E-state index is 2.67. The average Bonchev–Trinajstić information content (AvgIpc) is 2.88. The predicted molar refractivity (Wildman–Crippen MR) is 159 cm³/mol. The Morgan fingerprint density at radius 3 is 0.853 bits per heavy atom. The zero-order chi connectivity index (χ0) is 24.2. The fraction of sp³-hybridized carbons (Fsp3) is 0.226. The molecule has 0 saturated heterocycles. The van der Waals surface area contributed by atoms with Gasteiger partial charge in [0.1, 0.15) is 16.1 Å². The Morgan fingerprint density at radius 1 is 0.412 bits per heavy atom. The van der Waals surface area contributed by atoms with Gasteiger partial charge in [0.25, 0.3) is 0 Å². The van der Waals surface area contributed by atoms with Crippen molar-refractivity contribution in [3.05, 3.63) is 121 Å². The van der Waals surface area contributed by atoms with E-state index in [1.807, 2.05) is 0 Å². The largest absolute Gasteiger partial charge is 0.116 e. The summed E-state index contributed by atoms with van der Waals surface area (Å²) in [6, 6.07) is 47.3. The molecular weight excluding hydrogens is 457 g/mol. The van der Waals surface area contributed by atoms with Crippen LogP contribution in [0.3, 0.4) is 0 Å². The highest BCUT2D eigenvalue weighted by Crippen LogP contribution is 2.39. The van der Waals surface area contributed by atoms with E-state index in [1.165, 1.54) is 6.04 Å². The maximum Gasteiger partial charge on any atom is 0.116 e. The molecule has 0 radical (unpaired) electrons. The number of hydrogen-bond donors (Lipinski definition) is 0. The van der Waals surface area contributed by atoms with Crippen LogP contribution in [0.5, 0.6) is 0 Å². The van der Waals surface area contributed by atoms with Crippen LogP contribution in [-0.4, -0.2) is 24.2 Å². The summed E-state index contributed by atoms with van der Waals surface area (Å²) >= 11 is 0.